The number of halogens is 2. The Bertz CT molecular complexity index is 1410. The molecule has 6 nitrogen and oxygen atoms in total. The summed E-state index contributed by atoms with van der Waals surface area (Å²) in [5.74, 6) is -1.41. The number of aromatic nitrogens is 2. The lowest BCUT2D eigenvalue weighted by atomic mass is 9.98. The second kappa shape index (κ2) is 8.29. The number of nitrogens with one attached hydrogen (secondary N) is 2. The van der Waals surface area contributed by atoms with E-state index >= 15 is 0 Å². The van der Waals surface area contributed by atoms with Crippen LogP contribution in [0, 0.1) is 18.7 Å². The van der Waals surface area contributed by atoms with Gasteiger partial charge in [-0.15, -0.1) is 0 Å². The van der Waals surface area contributed by atoms with Crippen molar-refractivity contribution in [1.29, 1.82) is 0 Å². The molecule has 0 radical (unpaired) electrons. The molecule has 0 unspecified atom stereocenters. The summed E-state index contributed by atoms with van der Waals surface area (Å²) >= 11 is 0. The topological polar surface area (TPSA) is 87.0 Å². The molecular formula is C25H23F2N5O. The smallest absolute Gasteiger partial charge is 0.258 e. The third kappa shape index (κ3) is 3.93. The monoisotopic (exact) mass is 447 g/mol. The minimum atomic E-state index is -0.695. The number of aryl methyl sites for hydroxylation is 1. The van der Waals surface area contributed by atoms with E-state index in [9.17, 15) is 13.6 Å². The van der Waals surface area contributed by atoms with Crippen LogP contribution in [0.1, 0.15) is 5.69 Å². The molecule has 3 heterocycles. The molecule has 0 spiro atoms. The Morgan fingerprint density at radius 2 is 1.70 bits per heavy atom. The summed E-state index contributed by atoms with van der Waals surface area (Å²) in [5, 5.41) is 3.74. The van der Waals surface area contributed by atoms with Gasteiger partial charge in [0.15, 0.2) is 0 Å². The zero-order chi connectivity index (χ0) is 23.1. The Labute approximate surface area is 189 Å². The first-order valence-electron chi connectivity index (χ1n) is 10.8. The maximum atomic E-state index is 14.8. The number of pyridine rings is 2. The Morgan fingerprint density at radius 1 is 0.970 bits per heavy atom. The lowest BCUT2D eigenvalue weighted by molar-refractivity contribution is 0.588. The number of hydrogen-bond acceptors (Lipinski definition) is 5. The number of fused-ring (bicyclic) bond motifs is 1. The number of hydrogen-bond donors (Lipinski definition) is 3. The van der Waals surface area contributed by atoms with Crippen LogP contribution < -0.4 is 21.5 Å². The molecule has 0 aliphatic carbocycles. The Hall–Kier alpha value is -3.78. The molecular weight excluding hydrogens is 424 g/mol. The lowest BCUT2D eigenvalue weighted by Crippen LogP contribution is -2.43. The summed E-state index contributed by atoms with van der Waals surface area (Å²) in [7, 11) is 0. The fraction of sp³-hybridized carbons (Fsp3) is 0.200. The highest BCUT2D eigenvalue weighted by atomic mass is 19.1. The SMILES string of the molecule is Cc1cc2cc(-c3cc(-c4ccc(N5CCNCC5)cc4)c(F)nc3N)cc(F)c2c(=O)[nH]1. The van der Waals surface area contributed by atoms with Gasteiger partial charge in [-0.3, -0.25) is 4.79 Å². The predicted octanol–water partition coefficient (Wildman–Crippen LogP) is 3.84. The van der Waals surface area contributed by atoms with Gasteiger partial charge in [0.05, 0.1) is 5.39 Å². The highest BCUT2D eigenvalue weighted by Crippen LogP contribution is 2.34. The van der Waals surface area contributed by atoms with Gasteiger partial charge >= 0.3 is 0 Å². The molecule has 0 atom stereocenters. The standard InChI is InChI=1S/C25H23F2N5O/c1-14-10-17-11-16(12-21(26)22(17)25(33)30-14)20-13-19(23(27)31-24(20)28)15-2-4-18(5-3-15)32-8-6-29-7-9-32/h2-5,10-13,29H,6-9H2,1H3,(H2,28,31)(H,30,33). The largest absolute Gasteiger partial charge is 0.383 e. The van der Waals surface area contributed by atoms with Crippen LogP contribution in [0.3, 0.4) is 0 Å². The fourth-order valence-corrected chi connectivity index (χ4v) is 4.36. The Balaban J connectivity index is 1.58. The van der Waals surface area contributed by atoms with Gasteiger partial charge in [0.25, 0.3) is 5.56 Å². The Kier molecular flexibility index (Phi) is 5.30. The number of benzene rings is 2. The van der Waals surface area contributed by atoms with Crippen LogP contribution in [0.5, 0.6) is 0 Å². The molecule has 1 fully saturated rings. The van der Waals surface area contributed by atoms with Crippen LogP contribution in [-0.2, 0) is 0 Å². The van der Waals surface area contributed by atoms with Crippen LogP contribution in [-0.4, -0.2) is 36.1 Å². The van der Waals surface area contributed by atoms with E-state index < -0.39 is 17.3 Å². The molecule has 1 aliphatic rings. The predicted molar refractivity (Wildman–Crippen MR) is 127 cm³/mol. The highest BCUT2D eigenvalue weighted by Gasteiger charge is 2.17. The van der Waals surface area contributed by atoms with Crippen LogP contribution in [0.15, 0.2) is 53.3 Å². The lowest BCUT2D eigenvalue weighted by Gasteiger charge is -2.29. The van der Waals surface area contributed by atoms with Crippen LogP contribution in [0.25, 0.3) is 33.0 Å². The first-order chi connectivity index (χ1) is 15.9. The number of aromatic amines is 1. The number of nitrogens with two attached hydrogens (primary N) is 1. The van der Waals surface area contributed by atoms with Crippen molar-refractivity contribution in [3.63, 3.8) is 0 Å². The van der Waals surface area contributed by atoms with E-state index in [0.717, 1.165) is 31.9 Å². The summed E-state index contributed by atoms with van der Waals surface area (Å²) in [6, 6.07) is 13.8. The van der Waals surface area contributed by atoms with Gasteiger partial charge in [0, 0.05) is 48.7 Å². The van der Waals surface area contributed by atoms with Gasteiger partial charge in [-0.05, 0) is 59.8 Å². The second-order valence-electron chi connectivity index (χ2n) is 8.25. The van der Waals surface area contributed by atoms with Crippen molar-refractivity contribution in [3.05, 3.63) is 76.3 Å². The van der Waals surface area contributed by atoms with Crippen molar-refractivity contribution in [3.8, 4) is 22.3 Å². The van der Waals surface area contributed by atoms with E-state index in [0.29, 0.717) is 27.8 Å². The minimum absolute atomic E-state index is 0.0262. The summed E-state index contributed by atoms with van der Waals surface area (Å²) in [6.07, 6.45) is 0. The molecule has 1 saturated heterocycles. The van der Waals surface area contributed by atoms with Gasteiger partial charge in [-0.25, -0.2) is 9.37 Å². The zero-order valence-corrected chi connectivity index (χ0v) is 18.1. The normalized spacial score (nSPS) is 14.1. The third-order valence-corrected chi connectivity index (χ3v) is 6.01. The number of H-pyrrole nitrogens is 1. The van der Waals surface area contributed by atoms with E-state index in [1.54, 1.807) is 25.1 Å². The minimum Gasteiger partial charge on any atom is -0.383 e. The number of nitrogen functional groups attached to an aromatic ring is 1. The molecule has 2 aromatic heterocycles. The van der Waals surface area contributed by atoms with Gasteiger partial charge < -0.3 is 20.9 Å². The molecule has 4 aromatic rings. The molecule has 0 amide bonds. The van der Waals surface area contributed by atoms with Crippen molar-refractivity contribution in [1.82, 2.24) is 15.3 Å². The van der Waals surface area contributed by atoms with Gasteiger partial charge in [-0.2, -0.15) is 4.39 Å². The molecule has 2 aromatic carbocycles. The molecule has 0 bridgehead atoms. The first-order valence-corrected chi connectivity index (χ1v) is 10.8. The average molecular weight is 447 g/mol. The number of piperazine rings is 1. The van der Waals surface area contributed by atoms with E-state index in [4.69, 9.17) is 5.73 Å². The number of rotatable bonds is 3. The van der Waals surface area contributed by atoms with Crippen molar-refractivity contribution in [2.75, 3.05) is 36.8 Å². The molecule has 4 N–H and O–H groups in total. The first kappa shape index (κ1) is 21.1. The molecule has 168 valence electrons. The van der Waals surface area contributed by atoms with Crippen molar-refractivity contribution >= 4 is 22.3 Å². The summed E-state index contributed by atoms with van der Waals surface area (Å²) in [5.41, 5.74) is 8.95. The van der Waals surface area contributed by atoms with Gasteiger partial charge in [0.1, 0.15) is 11.6 Å². The van der Waals surface area contributed by atoms with E-state index in [1.807, 2.05) is 24.3 Å². The maximum absolute atomic E-state index is 14.8. The summed E-state index contributed by atoms with van der Waals surface area (Å²) in [4.78, 5) is 20.9. The molecule has 5 rings (SSSR count). The summed E-state index contributed by atoms with van der Waals surface area (Å²) in [6.45, 7) is 5.40. The van der Waals surface area contributed by atoms with Gasteiger partial charge in [0.2, 0.25) is 5.95 Å². The van der Waals surface area contributed by atoms with Crippen molar-refractivity contribution in [2.45, 2.75) is 6.92 Å². The molecule has 1 aliphatic heterocycles. The van der Waals surface area contributed by atoms with Crippen LogP contribution in [0.2, 0.25) is 0 Å². The maximum Gasteiger partial charge on any atom is 0.258 e. The average Bonchev–Trinajstić information content (AvgIpc) is 2.79. The fourth-order valence-electron chi connectivity index (χ4n) is 4.36. The van der Waals surface area contributed by atoms with E-state index in [2.05, 4.69) is 20.2 Å². The second-order valence-corrected chi connectivity index (χ2v) is 8.25. The van der Waals surface area contributed by atoms with Crippen molar-refractivity contribution < 1.29 is 8.78 Å². The van der Waals surface area contributed by atoms with Crippen LogP contribution >= 0.6 is 0 Å². The highest BCUT2D eigenvalue weighted by molar-refractivity contribution is 5.90. The van der Waals surface area contributed by atoms with Gasteiger partial charge in [-0.1, -0.05) is 12.1 Å². The third-order valence-electron chi connectivity index (χ3n) is 6.01. The molecule has 0 saturated carbocycles. The van der Waals surface area contributed by atoms with E-state index in [1.165, 1.54) is 6.07 Å². The molecule has 33 heavy (non-hydrogen) atoms. The van der Waals surface area contributed by atoms with Crippen LogP contribution in [0.4, 0.5) is 20.3 Å². The quantitative estimate of drug-likeness (QED) is 0.416. The molecule has 8 heteroatoms. The Morgan fingerprint density at radius 3 is 2.42 bits per heavy atom. The van der Waals surface area contributed by atoms with E-state index in [-0.39, 0.29) is 16.8 Å². The summed E-state index contributed by atoms with van der Waals surface area (Å²) < 4.78 is 29.6. The number of nitrogens with zero attached hydrogens (tertiary/aromatic N) is 2. The zero-order valence-electron chi connectivity index (χ0n) is 18.1. The number of anilines is 2. The van der Waals surface area contributed by atoms with Crippen molar-refractivity contribution in [2.24, 2.45) is 0 Å².